The van der Waals surface area contributed by atoms with Gasteiger partial charge in [-0.05, 0) is 32.4 Å². The number of nitrogens with two attached hydrogens (primary N) is 1. The quantitative estimate of drug-likeness (QED) is 0.826. The van der Waals surface area contributed by atoms with Gasteiger partial charge in [-0.2, -0.15) is 5.10 Å². The molecule has 0 unspecified atom stereocenters. The maximum Gasteiger partial charge on any atom is 0.107 e. The molecule has 2 rings (SSSR count). The molecule has 1 heterocycles. The van der Waals surface area contributed by atoms with Gasteiger partial charge in [-0.25, -0.2) is 4.68 Å². The maximum absolute atomic E-state index is 5.65. The van der Waals surface area contributed by atoms with Crippen LogP contribution < -0.4 is 5.73 Å². The minimum atomic E-state index is 0.388. The monoisotopic (exact) mass is 245 g/mol. The minimum Gasteiger partial charge on any atom is -0.389 e. The molecule has 2 aromatic rings. The molecule has 0 atom stereocenters. The Balaban J connectivity index is 2.57. The zero-order valence-corrected chi connectivity index (χ0v) is 11.0. The Labute approximate surface area is 106 Å². The lowest BCUT2D eigenvalue weighted by Crippen LogP contribution is -2.11. The predicted octanol–water partition coefficient (Wildman–Crippen LogP) is 2.43. The van der Waals surface area contributed by atoms with Crippen LogP contribution in [0.1, 0.15) is 22.4 Å². The van der Waals surface area contributed by atoms with Gasteiger partial charge in [0.15, 0.2) is 0 Å². The Bertz CT molecular complexity index is 584. The normalized spacial score (nSPS) is 10.5. The molecule has 88 valence electrons. The minimum absolute atomic E-state index is 0.388. The summed E-state index contributed by atoms with van der Waals surface area (Å²) in [7, 11) is 0. The standard InChI is InChI=1S/C13H15N3S/c1-8-4-5-12(9(2)6-8)16-10(3)11(7-15-16)13(14)17/h4-7H,1-3H3,(H2,14,17). The number of aryl methyl sites for hydroxylation is 2. The smallest absolute Gasteiger partial charge is 0.107 e. The van der Waals surface area contributed by atoms with Crippen molar-refractivity contribution in [3.8, 4) is 5.69 Å². The lowest BCUT2D eigenvalue weighted by atomic mass is 10.1. The van der Waals surface area contributed by atoms with Crippen LogP contribution in [0, 0.1) is 20.8 Å². The second-order valence-corrected chi connectivity index (χ2v) is 4.65. The van der Waals surface area contributed by atoms with Gasteiger partial charge >= 0.3 is 0 Å². The van der Waals surface area contributed by atoms with E-state index in [9.17, 15) is 0 Å². The van der Waals surface area contributed by atoms with E-state index in [0.29, 0.717) is 4.99 Å². The van der Waals surface area contributed by atoms with E-state index in [4.69, 9.17) is 18.0 Å². The molecule has 0 aliphatic heterocycles. The van der Waals surface area contributed by atoms with Gasteiger partial charge in [-0.1, -0.05) is 29.9 Å². The highest BCUT2D eigenvalue weighted by Gasteiger charge is 2.11. The Morgan fingerprint density at radius 2 is 2.00 bits per heavy atom. The second-order valence-electron chi connectivity index (χ2n) is 4.21. The zero-order chi connectivity index (χ0) is 12.6. The first-order valence-electron chi connectivity index (χ1n) is 5.42. The predicted molar refractivity (Wildman–Crippen MR) is 73.7 cm³/mol. The highest BCUT2D eigenvalue weighted by molar-refractivity contribution is 7.80. The maximum atomic E-state index is 5.65. The third kappa shape index (κ3) is 2.08. The van der Waals surface area contributed by atoms with Gasteiger partial charge in [-0.3, -0.25) is 0 Å². The van der Waals surface area contributed by atoms with Crippen LogP contribution in [-0.4, -0.2) is 14.8 Å². The molecule has 4 heteroatoms. The van der Waals surface area contributed by atoms with Gasteiger partial charge in [0.1, 0.15) is 4.99 Å². The third-order valence-electron chi connectivity index (χ3n) is 2.86. The van der Waals surface area contributed by atoms with E-state index in [1.807, 2.05) is 11.6 Å². The van der Waals surface area contributed by atoms with Crippen molar-refractivity contribution in [2.45, 2.75) is 20.8 Å². The number of hydrogen-bond acceptors (Lipinski definition) is 2. The summed E-state index contributed by atoms with van der Waals surface area (Å²) in [6.45, 7) is 6.12. The number of rotatable bonds is 2. The average molecular weight is 245 g/mol. The highest BCUT2D eigenvalue weighted by Crippen LogP contribution is 2.18. The molecular weight excluding hydrogens is 230 g/mol. The molecule has 3 nitrogen and oxygen atoms in total. The van der Waals surface area contributed by atoms with Crippen molar-refractivity contribution < 1.29 is 0 Å². The van der Waals surface area contributed by atoms with Crippen LogP contribution in [0.3, 0.4) is 0 Å². The van der Waals surface area contributed by atoms with E-state index in [2.05, 4.69) is 37.1 Å². The van der Waals surface area contributed by atoms with Gasteiger partial charge in [0.25, 0.3) is 0 Å². The number of benzene rings is 1. The van der Waals surface area contributed by atoms with Gasteiger partial charge in [-0.15, -0.1) is 0 Å². The molecule has 0 fully saturated rings. The summed E-state index contributed by atoms with van der Waals surface area (Å²) in [5.74, 6) is 0. The lowest BCUT2D eigenvalue weighted by molar-refractivity contribution is 0.839. The molecule has 17 heavy (non-hydrogen) atoms. The summed E-state index contributed by atoms with van der Waals surface area (Å²) in [5, 5.41) is 4.35. The lowest BCUT2D eigenvalue weighted by Gasteiger charge is -2.09. The van der Waals surface area contributed by atoms with E-state index in [0.717, 1.165) is 16.9 Å². The van der Waals surface area contributed by atoms with Crippen molar-refractivity contribution in [1.29, 1.82) is 0 Å². The van der Waals surface area contributed by atoms with Gasteiger partial charge in [0.05, 0.1) is 23.1 Å². The molecule has 0 spiro atoms. The van der Waals surface area contributed by atoms with Gasteiger partial charge in [0.2, 0.25) is 0 Å². The van der Waals surface area contributed by atoms with E-state index >= 15 is 0 Å². The van der Waals surface area contributed by atoms with Crippen molar-refractivity contribution in [2.75, 3.05) is 0 Å². The Morgan fingerprint density at radius 1 is 1.29 bits per heavy atom. The highest BCUT2D eigenvalue weighted by atomic mass is 32.1. The molecule has 1 aromatic carbocycles. The summed E-state index contributed by atoms with van der Waals surface area (Å²) in [5.41, 5.74) is 10.9. The fourth-order valence-corrected chi connectivity index (χ4v) is 2.14. The van der Waals surface area contributed by atoms with Crippen molar-refractivity contribution in [1.82, 2.24) is 9.78 Å². The SMILES string of the molecule is Cc1ccc(-n2ncc(C(N)=S)c2C)c(C)c1. The van der Waals surface area contributed by atoms with Crippen LogP contribution in [0.2, 0.25) is 0 Å². The largest absolute Gasteiger partial charge is 0.389 e. The molecule has 0 radical (unpaired) electrons. The molecule has 0 bridgehead atoms. The Kier molecular flexibility index (Phi) is 2.98. The topological polar surface area (TPSA) is 43.8 Å². The number of thiocarbonyl (C=S) groups is 1. The van der Waals surface area contributed by atoms with Gasteiger partial charge in [0, 0.05) is 0 Å². The number of aromatic nitrogens is 2. The Morgan fingerprint density at radius 3 is 2.53 bits per heavy atom. The summed E-state index contributed by atoms with van der Waals surface area (Å²) >= 11 is 4.99. The van der Waals surface area contributed by atoms with Crippen molar-refractivity contribution in [3.05, 3.63) is 46.8 Å². The summed E-state index contributed by atoms with van der Waals surface area (Å²) in [6.07, 6.45) is 1.72. The molecule has 0 saturated carbocycles. The third-order valence-corrected chi connectivity index (χ3v) is 3.08. The fraction of sp³-hybridized carbons (Fsp3) is 0.231. The first kappa shape index (κ1) is 11.8. The van der Waals surface area contributed by atoms with Crippen LogP contribution in [0.4, 0.5) is 0 Å². The van der Waals surface area contributed by atoms with Crippen LogP contribution in [0.15, 0.2) is 24.4 Å². The van der Waals surface area contributed by atoms with Crippen LogP contribution >= 0.6 is 12.2 Å². The molecule has 1 aromatic heterocycles. The van der Waals surface area contributed by atoms with Crippen LogP contribution in [-0.2, 0) is 0 Å². The van der Waals surface area contributed by atoms with Crippen molar-refractivity contribution in [3.63, 3.8) is 0 Å². The van der Waals surface area contributed by atoms with E-state index in [-0.39, 0.29) is 0 Å². The van der Waals surface area contributed by atoms with Crippen LogP contribution in [0.5, 0.6) is 0 Å². The van der Waals surface area contributed by atoms with E-state index in [1.165, 1.54) is 11.1 Å². The van der Waals surface area contributed by atoms with Gasteiger partial charge < -0.3 is 5.73 Å². The molecule has 0 aliphatic carbocycles. The summed E-state index contributed by atoms with van der Waals surface area (Å²) in [4.78, 5) is 0.388. The molecule has 0 amide bonds. The van der Waals surface area contributed by atoms with Crippen LogP contribution in [0.25, 0.3) is 5.69 Å². The molecule has 2 N–H and O–H groups in total. The average Bonchev–Trinajstić information content (AvgIpc) is 2.60. The summed E-state index contributed by atoms with van der Waals surface area (Å²) < 4.78 is 1.88. The number of nitrogens with zero attached hydrogens (tertiary/aromatic N) is 2. The second kappa shape index (κ2) is 4.30. The van der Waals surface area contributed by atoms with E-state index in [1.54, 1.807) is 6.20 Å². The first-order valence-corrected chi connectivity index (χ1v) is 5.83. The van der Waals surface area contributed by atoms with Crippen molar-refractivity contribution >= 4 is 17.2 Å². The molecular formula is C13H15N3S. The molecule has 0 saturated heterocycles. The Hall–Kier alpha value is -1.68. The fourth-order valence-electron chi connectivity index (χ4n) is 1.94. The summed E-state index contributed by atoms with van der Waals surface area (Å²) in [6, 6.07) is 6.27. The van der Waals surface area contributed by atoms with Crippen molar-refractivity contribution in [2.24, 2.45) is 5.73 Å². The molecule has 0 aliphatic rings. The zero-order valence-electron chi connectivity index (χ0n) is 10.2. The number of hydrogen-bond donors (Lipinski definition) is 1. The van der Waals surface area contributed by atoms with E-state index < -0.39 is 0 Å². The first-order chi connectivity index (χ1) is 8.00.